The fourth-order valence-corrected chi connectivity index (χ4v) is 4.81. The van der Waals surface area contributed by atoms with Crippen LogP contribution >= 0.6 is 11.8 Å². The first-order chi connectivity index (χ1) is 17.7. The standard InChI is InChI=1S/C28H30N4O4S/c1-17-11-23(12-18(2)27(17)29)36-22-9-10-24-25(14-22)32(4)26(31-24)15-35-21-7-5-20(6-8-21)13-19(3)37-28(34)30-16-33/h5-12,14,16,19H,13,15,29H2,1-4H3,(H,30,33,34). The summed E-state index contributed by atoms with van der Waals surface area (Å²) in [7, 11) is 1.96. The van der Waals surface area contributed by atoms with Gasteiger partial charge in [-0.1, -0.05) is 30.8 Å². The Morgan fingerprint density at radius 2 is 1.76 bits per heavy atom. The molecule has 0 saturated carbocycles. The Morgan fingerprint density at radius 1 is 1.08 bits per heavy atom. The minimum absolute atomic E-state index is 0.0358. The first-order valence-electron chi connectivity index (χ1n) is 11.9. The van der Waals surface area contributed by atoms with E-state index in [4.69, 9.17) is 20.2 Å². The molecule has 0 aliphatic heterocycles. The first-order valence-corrected chi connectivity index (χ1v) is 12.7. The second-order valence-corrected chi connectivity index (χ2v) is 10.3. The third-order valence-corrected chi connectivity index (χ3v) is 6.95. The SMILES string of the molecule is Cc1cc(Oc2ccc3nc(COc4ccc(CC(C)SC(=O)NC=O)cc4)n(C)c3c2)cc(C)c1N. The second-order valence-electron chi connectivity index (χ2n) is 8.93. The first kappa shape index (κ1) is 26.1. The number of ether oxygens (including phenoxy) is 2. The van der Waals surface area contributed by atoms with Crippen LogP contribution in [0.15, 0.2) is 54.6 Å². The fourth-order valence-electron chi connectivity index (χ4n) is 4.05. The third kappa shape index (κ3) is 6.42. The third-order valence-electron chi connectivity index (χ3n) is 6.05. The van der Waals surface area contributed by atoms with Crippen LogP contribution in [0.3, 0.4) is 0 Å². The molecule has 4 rings (SSSR count). The normalized spacial score (nSPS) is 11.8. The Balaban J connectivity index is 1.39. The summed E-state index contributed by atoms with van der Waals surface area (Å²) in [6.45, 7) is 6.20. The highest BCUT2D eigenvalue weighted by molar-refractivity contribution is 8.14. The second kappa shape index (κ2) is 11.4. The van der Waals surface area contributed by atoms with Crippen LogP contribution in [0.4, 0.5) is 10.5 Å². The average molecular weight is 519 g/mol. The molecule has 0 saturated heterocycles. The summed E-state index contributed by atoms with van der Waals surface area (Å²) in [5.41, 5.74) is 11.7. The molecule has 0 aliphatic carbocycles. The molecule has 0 spiro atoms. The van der Waals surface area contributed by atoms with Crippen LogP contribution in [-0.4, -0.2) is 26.5 Å². The van der Waals surface area contributed by atoms with Crippen molar-refractivity contribution in [2.45, 2.75) is 39.0 Å². The Morgan fingerprint density at radius 3 is 2.43 bits per heavy atom. The monoisotopic (exact) mass is 518 g/mol. The molecule has 1 aromatic heterocycles. The van der Waals surface area contributed by atoms with E-state index < -0.39 is 0 Å². The van der Waals surface area contributed by atoms with Crippen molar-refractivity contribution in [1.82, 2.24) is 14.9 Å². The van der Waals surface area contributed by atoms with E-state index >= 15 is 0 Å². The zero-order valence-corrected chi connectivity index (χ0v) is 22.1. The lowest BCUT2D eigenvalue weighted by Gasteiger charge is -2.11. The zero-order valence-electron chi connectivity index (χ0n) is 21.3. The van der Waals surface area contributed by atoms with Crippen molar-refractivity contribution in [2.75, 3.05) is 5.73 Å². The molecular weight excluding hydrogens is 488 g/mol. The summed E-state index contributed by atoms with van der Waals surface area (Å²) in [6.07, 6.45) is 1.09. The predicted molar refractivity (Wildman–Crippen MR) is 147 cm³/mol. The van der Waals surface area contributed by atoms with Crippen LogP contribution in [0.25, 0.3) is 11.0 Å². The Bertz CT molecular complexity index is 1410. The summed E-state index contributed by atoms with van der Waals surface area (Å²) in [6, 6.07) is 17.4. The summed E-state index contributed by atoms with van der Waals surface area (Å²) < 4.78 is 14.1. The summed E-state index contributed by atoms with van der Waals surface area (Å²) in [5.74, 6) is 2.99. The van der Waals surface area contributed by atoms with Gasteiger partial charge in [0.2, 0.25) is 6.41 Å². The van der Waals surface area contributed by atoms with Crippen LogP contribution in [0.5, 0.6) is 17.2 Å². The van der Waals surface area contributed by atoms with Gasteiger partial charge in [-0.25, -0.2) is 4.98 Å². The van der Waals surface area contributed by atoms with Gasteiger partial charge in [0, 0.05) is 24.1 Å². The molecule has 1 unspecified atom stereocenters. The average Bonchev–Trinajstić information content (AvgIpc) is 3.17. The van der Waals surface area contributed by atoms with E-state index in [0.29, 0.717) is 19.4 Å². The van der Waals surface area contributed by atoms with Crippen LogP contribution < -0.4 is 20.5 Å². The topological polar surface area (TPSA) is 108 Å². The van der Waals surface area contributed by atoms with Crippen molar-refractivity contribution in [3.05, 3.63) is 77.1 Å². The summed E-state index contributed by atoms with van der Waals surface area (Å²) >= 11 is 1.10. The number of amides is 2. The van der Waals surface area contributed by atoms with Gasteiger partial charge in [0.25, 0.3) is 5.24 Å². The molecule has 0 fully saturated rings. The minimum atomic E-state index is -0.348. The van der Waals surface area contributed by atoms with Gasteiger partial charge in [-0.3, -0.25) is 14.9 Å². The summed E-state index contributed by atoms with van der Waals surface area (Å²) in [5, 5.41) is 1.83. The van der Waals surface area contributed by atoms with Gasteiger partial charge in [0.1, 0.15) is 29.7 Å². The number of fused-ring (bicyclic) bond motifs is 1. The van der Waals surface area contributed by atoms with Crippen molar-refractivity contribution in [3.63, 3.8) is 0 Å². The number of hydrogen-bond donors (Lipinski definition) is 2. The molecular formula is C28H30N4O4S. The molecule has 0 aliphatic rings. The van der Waals surface area contributed by atoms with Gasteiger partial charge in [0.15, 0.2) is 0 Å². The molecule has 4 aromatic rings. The molecule has 8 nitrogen and oxygen atoms in total. The predicted octanol–water partition coefficient (Wildman–Crippen LogP) is 5.67. The van der Waals surface area contributed by atoms with E-state index in [-0.39, 0.29) is 10.5 Å². The van der Waals surface area contributed by atoms with Crippen LogP contribution in [0, 0.1) is 13.8 Å². The Kier molecular flexibility index (Phi) is 8.03. The number of aryl methyl sites for hydroxylation is 3. The molecule has 9 heteroatoms. The van der Waals surface area contributed by atoms with Crippen molar-refractivity contribution in [3.8, 4) is 17.2 Å². The number of rotatable bonds is 9. The van der Waals surface area contributed by atoms with Gasteiger partial charge >= 0.3 is 0 Å². The highest BCUT2D eigenvalue weighted by Gasteiger charge is 2.12. The van der Waals surface area contributed by atoms with E-state index in [0.717, 1.165) is 68.2 Å². The molecule has 37 heavy (non-hydrogen) atoms. The highest BCUT2D eigenvalue weighted by Crippen LogP contribution is 2.30. The Hall–Kier alpha value is -3.98. The van der Waals surface area contributed by atoms with Crippen molar-refractivity contribution >= 4 is 40.1 Å². The molecule has 3 aromatic carbocycles. The largest absolute Gasteiger partial charge is 0.486 e. The van der Waals surface area contributed by atoms with Crippen molar-refractivity contribution in [1.29, 1.82) is 0 Å². The molecule has 192 valence electrons. The number of imidazole rings is 1. The number of thioether (sulfide) groups is 1. The van der Waals surface area contributed by atoms with Gasteiger partial charge in [-0.2, -0.15) is 0 Å². The number of carbonyl (C=O) groups is 2. The van der Waals surface area contributed by atoms with Crippen molar-refractivity contribution < 1.29 is 19.1 Å². The Labute approximate surface area is 220 Å². The number of nitrogen functional groups attached to an aromatic ring is 1. The smallest absolute Gasteiger partial charge is 0.285 e. The lowest BCUT2D eigenvalue weighted by molar-refractivity contribution is -0.108. The number of hydrogen-bond acceptors (Lipinski definition) is 7. The van der Waals surface area contributed by atoms with Gasteiger partial charge in [-0.05, 0) is 73.4 Å². The number of anilines is 1. The van der Waals surface area contributed by atoms with Gasteiger partial charge in [0.05, 0.1) is 11.0 Å². The van der Waals surface area contributed by atoms with Gasteiger partial charge < -0.3 is 19.8 Å². The minimum Gasteiger partial charge on any atom is -0.486 e. The number of imide groups is 1. The van der Waals surface area contributed by atoms with E-state index in [1.807, 2.05) is 87.0 Å². The maximum absolute atomic E-state index is 11.5. The number of carbonyl (C=O) groups excluding carboxylic acids is 2. The van der Waals surface area contributed by atoms with Crippen LogP contribution in [0.1, 0.15) is 29.4 Å². The van der Waals surface area contributed by atoms with Gasteiger partial charge in [-0.15, -0.1) is 0 Å². The number of nitrogens with two attached hydrogens (primary N) is 1. The molecule has 1 heterocycles. The van der Waals surface area contributed by atoms with Crippen molar-refractivity contribution in [2.24, 2.45) is 7.05 Å². The molecule has 3 N–H and O–H groups in total. The van der Waals surface area contributed by atoms with E-state index in [2.05, 4.69) is 5.32 Å². The fraction of sp³-hybridized carbons (Fsp3) is 0.250. The number of nitrogens with one attached hydrogen (secondary N) is 1. The van der Waals surface area contributed by atoms with E-state index in [1.54, 1.807) is 0 Å². The lowest BCUT2D eigenvalue weighted by Crippen LogP contribution is -2.19. The molecule has 2 amide bonds. The van der Waals surface area contributed by atoms with Crippen LogP contribution in [0.2, 0.25) is 0 Å². The van der Waals surface area contributed by atoms with E-state index in [9.17, 15) is 9.59 Å². The van der Waals surface area contributed by atoms with Crippen LogP contribution in [-0.2, 0) is 24.9 Å². The maximum Gasteiger partial charge on any atom is 0.285 e. The highest BCUT2D eigenvalue weighted by atomic mass is 32.2. The number of nitrogens with zero attached hydrogens (tertiary/aromatic N) is 2. The zero-order chi connectivity index (χ0) is 26.5. The quantitative estimate of drug-likeness (QED) is 0.217. The van der Waals surface area contributed by atoms with E-state index in [1.165, 1.54) is 0 Å². The number of aromatic nitrogens is 2. The molecule has 0 bridgehead atoms. The number of benzene rings is 3. The lowest BCUT2D eigenvalue weighted by atomic mass is 10.1. The maximum atomic E-state index is 11.5. The molecule has 0 radical (unpaired) electrons. The summed E-state index contributed by atoms with van der Waals surface area (Å²) in [4.78, 5) is 26.6. The molecule has 1 atom stereocenters.